The van der Waals surface area contributed by atoms with Gasteiger partial charge < -0.3 is 10.1 Å². The van der Waals surface area contributed by atoms with E-state index in [0.717, 1.165) is 43.1 Å². The van der Waals surface area contributed by atoms with Crippen LogP contribution in [0.4, 0.5) is 0 Å². The predicted octanol–water partition coefficient (Wildman–Crippen LogP) is 2.90. The number of carbonyl (C=O) groups is 1. The van der Waals surface area contributed by atoms with Gasteiger partial charge in [0.1, 0.15) is 11.4 Å². The van der Waals surface area contributed by atoms with E-state index in [-0.39, 0.29) is 5.60 Å². The van der Waals surface area contributed by atoms with E-state index in [9.17, 15) is 4.79 Å². The minimum Gasteiger partial charge on any atom is -0.462 e. The molecule has 0 aliphatic carbocycles. The van der Waals surface area contributed by atoms with Gasteiger partial charge in [-0.3, -0.25) is 9.89 Å². The smallest absolute Gasteiger partial charge is 0.293 e. The average Bonchev–Trinajstić information content (AvgIpc) is 3.06. The summed E-state index contributed by atoms with van der Waals surface area (Å²) in [5.74, 6) is 2.37. The van der Waals surface area contributed by atoms with E-state index >= 15 is 0 Å². The Morgan fingerprint density at radius 2 is 1.83 bits per heavy atom. The lowest BCUT2D eigenvalue weighted by atomic mass is 9.98. The molecule has 1 aliphatic heterocycles. The maximum absolute atomic E-state index is 9.60. The highest BCUT2D eigenvalue weighted by Gasteiger charge is 2.19. The fourth-order valence-corrected chi connectivity index (χ4v) is 2.41. The molecule has 0 unspecified atom stereocenters. The van der Waals surface area contributed by atoms with Crippen LogP contribution in [0.2, 0.25) is 0 Å². The molecule has 0 spiro atoms. The fourth-order valence-electron chi connectivity index (χ4n) is 2.41. The second kappa shape index (κ2) is 8.59. The van der Waals surface area contributed by atoms with Crippen LogP contribution in [0, 0.1) is 0 Å². The molecule has 130 valence electrons. The van der Waals surface area contributed by atoms with Crippen LogP contribution in [-0.4, -0.2) is 40.3 Å². The quantitative estimate of drug-likeness (QED) is 0.846. The topological polar surface area (TPSA) is 79.9 Å². The van der Waals surface area contributed by atoms with Crippen molar-refractivity contribution in [1.82, 2.24) is 20.5 Å². The summed E-state index contributed by atoms with van der Waals surface area (Å²) in [5.41, 5.74) is 0.755. The van der Waals surface area contributed by atoms with Crippen molar-refractivity contribution >= 4 is 6.47 Å². The molecule has 0 amide bonds. The lowest BCUT2D eigenvalue weighted by Gasteiger charge is -2.19. The van der Waals surface area contributed by atoms with Gasteiger partial charge in [-0.2, -0.15) is 5.10 Å². The molecule has 0 bridgehead atoms. The number of aromatic nitrogens is 3. The first-order chi connectivity index (χ1) is 11.5. The van der Waals surface area contributed by atoms with Crippen molar-refractivity contribution in [1.29, 1.82) is 0 Å². The van der Waals surface area contributed by atoms with Gasteiger partial charge in [0.2, 0.25) is 0 Å². The molecule has 2 aromatic rings. The van der Waals surface area contributed by atoms with Gasteiger partial charge >= 0.3 is 0 Å². The van der Waals surface area contributed by atoms with Crippen LogP contribution in [0.15, 0.2) is 30.3 Å². The van der Waals surface area contributed by atoms with Crippen molar-refractivity contribution in [2.75, 3.05) is 13.1 Å². The number of hydrogen-bond acceptors (Lipinski definition) is 5. The van der Waals surface area contributed by atoms with Crippen LogP contribution < -0.4 is 5.32 Å². The Labute approximate surface area is 143 Å². The number of nitrogens with one attached hydrogen (secondary N) is 2. The highest BCUT2D eigenvalue weighted by Crippen LogP contribution is 2.23. The zero-order valence-corrected chi connectivity index (χ0v) is 14.6. The van der Waals surface area contributed by atoms with Gasteiger partial charge in [0.05, 0.1) is 0 Å². The summed E-state index contributed by atoms with van der Waals surface area (Å²) in [6, 6.07) is 10.1. The second-order valence-electron chi connectivity index (χ2n) is 6.76. The van der Waals surface area contributed by atoms with E-state index in [0.29, 0.717) is 12.4 Å². The highest BCUT2D eigenvalue weighted by molar-refractivity contribution is 5.53. The molecule has 2 N–H and O–H groups in total. The van der Waals surface area contributed by atoms with Crippen molar-refractivity contribution in [2.24, 2.45) is 0 Å². The summed E-state index contributed by atoms with van der Waals surface area (Å²) in [6.07, 6.45) is 2.28. The van der Waals surface area contributed by atoms with Crippen LogP contribution >= 0.6 is 0 Å². The van der Waals surface area contributed by atoms with E-state index in [1.807, 2.05) is 51.1 Å². The molecule has 0 atom stereocenters. The summed E-state index contributed by atoms with van der Waals surface area (Å²) in [7, 11) is 0. The van der Waals surface area contributed by atoms with E-state index < -0.39 is 0 Å². The first kappa shape index (κ1) is 18.1. The number of H-pyrrole nitrogens is 1. The Bertz CT molecular complexity index is 613. The standard InChI is InChI=1S/C13H16N4.C5H10O2/c1-2-4-10(5-3-1)12-15-13(17-16-12)11-6-8-14-9-7-11;1-5(2,3)7-4-6/h1-5,11,14H,6-9H2,(H,15,16,17);4H,1-3H3. The van der Waals surface area contributed by atoms with Crippen LogP contribution in [0.1, 0.15) is 45.4 Å². The summed E-state index contributed by atoms with van der Waals surface area (Å²) in [6.45, 7) is 8.07. The Hall–Kier alpha value is -2.21. The number of aromatic amines is 1. The Morgan fingerprint density at radius 3 is 2.38 bits per heavy atom. The van der Waals surface area contributed by atoms with Crippen molar-refractivity contribution in [2.45, 2.75) is 45.1 Å². The number of piperidine rings is 1. The van der Waals surface area contributed by atoms with Gasteiger partial charge in [-0.05, 0) is 46.7 Å². The van der Waals surface area contributed by atoms with Crippen LogP contribution in [-0.2, 0) is 9.53 Å². The van der Waals surface area contributed by atoms with E-state index in [4.69, 9.17) is 0 Å². The van der Waals surface area contributed by atoms with Gasteiger partial charge in [-0.15, -0.1) is 0 Å². The third-order valence-electron chi connectivity index (χ3n) is 3.66. The minimum atomic E-state index is -0.318. The number of nitrogens with zero attached hydrogens (tertiary/aromatic N) is 2. The van der Waals surface area contributed by atoms with Gasteiger partial charge in [0, 0.05) is 11.5 Å². The van der Waals surface area contributed by atoms with Gasteiger partial charge in [-0.25, -0.2) is 4.98 Å². The lowest BCUT2D eigenvalue weighted by Crippen LogP contribution is -2.27. The minimum absolute atomic E-state index is 0.318. The molecule has 2 heterocycles. The molecule has 24 heavy (non-hydrogen) atoms. The molecule has 0 radical (unpaired) electrons. The monoisotopic (exact) mass is 330 g/mol. The number of hydrogen-bond donors (Lipinski definition) is 2. The zero-order valence-electron chi connectivity index (χ0n) is 14.6. The van der Waals surface area contributed by atoms with Crippen molar-refractivity contribution in [3.05, 3.63) is 36.2 Å². The summed E-state index contributed by atoms with van der Waals surface area (Å²) in [5, 5.41) is 10.8. The molecule has 1 aliphatic rings. The van der Waals surface area contributed by atoms with Gasteiger partial charge in [0.15, 0.2) is 5.82 Å². The summed E-state index contributed by atoms with van der Waals surface area (Å²) >= 11 is 0. The molecular formula is C18H26N4O2. The average molecular weight is 330 g/mol. The summed E-state index contributed by atoms with van der Waals surface area (Å²) in [4.78, 5) is 14.2. The molecule has 0 saturated carbocycles. The predicted molar refractivity (Wildman–Crippen MR) is 93.6 cm³/mol. The number of rotatable bonds is 3. The van der Waals surface area contributed by atoms with E-state index in [1.165, 1.54) is 0 Å². The Morgan fingerprint density at radius 1 is 1.17 bits per heavy atom. The third-order valence-corrected chi connectivity index (χ3v) is 3.66. The molecule has 6 heteroatoms. The Kier molecular flexibility index (Phi) is 6.49. The molecule has 3 rings (SSSR count). The van der Waals surface area contributed by atoms with Crippen molar-refractivity contribution in [3.63, 3.8) is 0 Å². The molecule has 1 fully saturated rings. The van der Waals surface area contributed by atoms with Crippen LogP contribution in [0.5, 0.6) is 0 Å². The van der Waals surface area contributed by atoms with Gasteiger partial charge in [-0.1, -0.05) is 30.3 Å². The first-order valence-corrected chi connectivity index (χ1v) is 8.29. The molecular weight excluding hydrogens is 304 g/mol. The molecule has 1 aromatic heterocycles. The number of benzene rings is 1. The SMILES string of the molecule is CC(C)(C)OC=O.c1ccc(-c2n[nH]c(C3CCNCC3)n2)cc1. The fraction of sp³-hybridized carbons (Fsp3) is 0.500. The van der Waals surface area contributed by atoms with Crippen LogP contribution in [0.25, 0.3) is 11.4 Å². The number of carbonyl (C=O) groups excluding carboxylic acids is 1. The first-order valence-electron chi connectivity index (χ1n) is 8.29. The normalized spacial score (nSPS) is 15.3. The van der Waals surface area contributed by atoms with E-state index in [1.54, 1.807) is 0 Å². The second-order valence-corrected chi connectivity index (χ2v) is 6.76. The zero-order chi connectivity index (χ0) is 17.4. The molecule has 1 saturated heterocycles. The van der Waals surface area contributed by atoms with Crippen molar-refractivity contribution < 1.29 is 9.53 Å². The highest BCUT2D eigenvalue weighted by atomic mass is 16.5. The van der Waals surface area contributed by atoms with Gasteiger partial charge in [0.25, 0.3) is 6.47 Å². The number of ether oxygens (including phenoxy) is 1. The maximum atomic E-state index is 9.60. The Balaban J connectivity index is 0.000000256. The summed E-state index contributed by atoms with van der Waals surface area (Å²) < 4.78 is 4.55. The lowest BCUT2D eigenvalue weighted by molar-refractivity contribution is -0.138. The third kappa shape index (κ3) is 5.77. The molecule has 1 aromatic carbocycles. The largest absolute Gasteiger partial charge is 0.462 e. The van der Waals surface area contributed by atoms with Crippen LogP contribution in [0.3, 0.4) is 0 Å². The maximum Gasteiger partial charge on any atom is 0.293 e. The van der Waals surface area contributed by atoms with Crippen molar-refractivity contribution in [3.8, 4) is 11.4 Å². The van der Waals surface area contributed by atoms with E-state index in [2.05, 4.69) is 25.2 Å². The molecule has 6 nitrogen and oxygen atoms in total.